The third kappa shape index (κ3) is 4.94. The van der Waals surface area contributed by atoms with E-state index in [0.29, 0.717) is 24.1 Å². The molecule has 10 heteroatoms. The monoisotopic (exact) mass is 522 g/mol. The van der Waals surface area contributed by atoms with Gasteiger partial charge in [0.1, 0.15) is 5.52 Å². The number of fused-ring (bicyclic) bond motifs is 2. The average molecular weight is 523 g/mol. The number of rotatable bonds is 8. The highest BCUT2D eigenvalue weighted by Gasteiger charge is 2.23. The van der Waals surface area contributed by atoms with Crippen molar-refractivity contribution in [2.24, 2.45) is 13.0 Å². The Bertz CT molecular complexity index is 1650. The van der Waals surface area contributed by atoms with E-state index in [-0.39, 0.29) is 0 Å². The molecule has 198 valence electrons. The summed E-state index contributed by atoms with van der Waals surface area (Å²) < 4.78 is 15.5. The van der Waals surface area contributed by atoms with Gasteiger partial charge in [-0.05, 0) is 31.0 Å². The number of likely N-dealkylation sites (tertiary alicyclic amines) is 1. The fourth-order valence-electron chi connectivity index (χ4n) is 5.31. The van der Waals surface area contributed by atoms with Crippen molar-refractivity contribution in [3.8, 4) is 28.4 Å². The van der Waals surface area contributed by atoms with Gasteiger partial charge in [-0.15, -0.1) is 0 Å². The molecular weight excluding hydrogens is 492 g/mol. The first-order valence-electron chi connectivity index (χ1n) is 13.1. The second kappa shape index (κ2) is 10.8. The normalized spacial score (nSPS) is 16.1. The van der Waals surface area contributed by atoms with Crippen LogP contribution < -0.4 is 4.74 Å². The van der Waals surface area contributed by atoms with Gasteiger partial charge < -0.3 is 14.4 Å². The molecule has 5 aromatic rings. The van der Waals surface area contributed by atoms with Crippen molar-refractivity contribution in [1.29, 1.82) is 0 Å². The molecule has 5 heterocycles. The zero-order chi connectivity index (χ0) is 26.8. The van der Waals surface area contributed by atoms with Crippen molar-refractivity contribution >= 4 is 22.2 Å². The van der Waals surface area contributed by atoms with E-state index < -0.39 is 0 Å². The molecule has 4 aromatic heterocycles. The number of hydrogen-bond acceptors (Lipinski definition) is 7. The van der Waals surface area contributed by atoms with Gasteiger partial charge in [0.2, 0.25) is 5.88 Å². The van der Waals surface area contributed by atoms with Gasteiger partial charge in [-0.2, -0.15) is 5.10 Å². The Labute approximate surface area is 226 Å². The smallest absolute Gasteiger partial charge is 0.240 e. The van der Waals surface area contributed by atoms with Gasteiger partial charge in [-0.25, -0.2) is 19.8 Å². The van der Waals surface area contributed by atoms with Gasteiger partial charge in [0.05, 0.1) is 49.9 Å². The van der Waals surface area contributed by atoms with Crippen LogP contribution in [-0.2, 0) is 11.8 Å². The zero-order valence-electron chi connectivity index (χ0n) is 22.1. The number of imidazole rings is 1. The Morgan fingerprint density at radius 2 is 2.00 bits per heavy atom. The number of methoxy groups -OCH3 is 1. The summed E-state index contributed by atoms with van der Waals surface area (Å²) in [5.41, 5.74) is 5.55. The van der Waals surface area contributed by atoms with E-state index in [1.807, 2.05) is 48.1 Å². The minimum absolute atomic E-state index is 0.415. The molecule has 6 rings (SSSR count). The van der Waals surface area contributed by atoms with Gasteiger partial charge >= 0.3 is 0 Å². The first kappa shape index (κ1) is 25.0. The largest absolute Gasteiger partial charge is 0.476 e. The molecule has 0 aliphatic carbocycles. The quantitative estimate of drug-likeness (QED) is 0.275. The molecule has 1 atom stereocenters. The molecule has 10 nitrogen and oxygen atoms in total. The molecule has 0 N–H and O–H groups in total. The standard InChI is InChI=1S/C29H30N8O2/c1-30-24-8-6-21(7-9-24)26-27(22-13-23-15-33-35(2)28(23)32-14-22)37-19-31-16-25(37)29(34-26)39-18-20-5-4-10-36(17-20)11-12-38-3/h6-9,13-16,19-20H,4-5,10-12,17-18H2,2-3H3/t20-/m1/s1. The van der Waals surface area contributed by atoms with Crippen molar-refractivity contribution < 1.29 is 9.47 Å². The van der Waals surface area contributed by atoms with E-state index in [9.17, 15) is 0 Å². The molecule has 1 saturated heterocycles. The number of aromatic nitrogens is 6. The molecule has 0 unspecified atom stereocenters. The molecule has 0 amide bonds. The predicted octanol–water partition coefficient (Wildman–Crippen LogP) is 4.63. The lowest BCUT2D eigenvalue weighted by atomic mass is 9.99. The van der Waals surface area contributed by atoms with E-state index >= 15 is 0 Å². The van der Waals surface area contributed by atoms with Gasteiger partial charge in [0.25, 0.3) is 0 Å². The third-order valence-electron chi connectivity index (χ3n) is 7.32. The lowest BCUT2D eigenvalue weighted by Gasteiger charge is -2.32. The van der Waals surface area contributed by atoms with E-state index in [4.69, 9.17) is 21.0 Å². The summed E-state index contributed by atoms with van der Waals surface area (Å²) in [6.07, 6.45) is 9.50. The van der Waals surface area contributed by atoms with E-state index in [1.165, 1.54) is 0 Å². The zero-order valence-corrected chi connectivity index (χ0v) is 22.1. The Morgan fingerprint density at radius 1 is 1.13 bits per heavy atom. The summed E-state index contributed by atoms with van der Waals surface area (Å²) >= 11 is 0. The number of ether oxygens (including phenoxy) is 2. The van der Waals surface area contributed by atoms with Gasteiger partial charge in [0.15, 0.2) is 11.3 Å². The summed E-state index contributed by atoms with van der Waals surface area (Å²) in [5.74, 6) is 0.962. The Morgan fingerprint density at radius 3 is 2.82 bits per heavy atom. The van der Waals surface area contributed by atoms with Crippen LogP contribution in [0.5, 0.6) is 5.88 Å². The lowest BCUT2D eigenvalue weighted by molar-refractivity contribution is 0.0952. The van der Waals surface area contributed by atoms with E-state index in [2.05, 4.69) is 30.9 Å². The SMILES string of the molecule is [C-]#[N+]c1ccc(-c2nc(OC[C@@H]3CCCN(CCOC)C3)c3cncn3c2-c2cnc3c(cnn3C)c2)cc1. The number of aryl methyl sites for hydroxylation is 1. The first-order chi connectivity index (χ1) is 19.1. The molecular formula is C29H30N8O2. The summed E-state index contributed by atoms with van der Waals surface area (Å²) in [6, 6.07) is 9.55. The van der Waals surface area contributed by atoms with Gasteiger partial charge in [0, 0.05) is 50.3 Å². The average Bonchev–Trinajstić information content (AvgIpc) is 3.61. The highest BCUT2D eigenvalue weighted by Crippen LogP contribution is 2.36. The van der Waals surface area contributed by atoms with Crippen LogP contribution in [0, 0.1) is 12.5 Å². The highest BCUT2D eigenvalue weighted by atomic mass is 16.5. The second-order valence-electron chi connectivity index (χ2n) is 9.94. The van der Waals surface area contributed by atoms with Crippen molar-refractivity contribution in [2.45, 2.75) is 12.8 Å². The minimum atomic E-state index is 0.415. The number of piperidine rings is 1. The van der Waals surface area contributed by atoms with Gasteiger partial charge in [-0.3, -0.25) is 9.08 Å². The molecule has 0 bridgehead atoms. The van der Waals surface area contributed by atoms with E-state index in [0.717, 1.165) is 78.1 Å². The Kier molecular flexibility index (Phi) is 6.92. The van der Waals surface area contributed by atoms with Crippen LogP contribution in [0.15, 0.2) is 55.2 Å². The van der Waals surface area contributed by atoms with Crippen molar-refractivity contribution in [3.05, 3.63) is 66.7 Å². The Hall–Kier alpha value is -4.33. The molecule has 0 radical (unpaired) electrons. The number of hydrogen-bond donors (Lipinski definition) is 0. The third-order valence-corrected chi connectivity index (χ3v) is 7.32. The summed E-state index contributed by atoms with van der Waals surface area (Å²) in [4.78, 5) is 20.2. The molecule has 0 spiro atoms. The summed E-state index contributed by atoms with van der Waals surface area (Å²) in [7, 11) is 3.62. The molecule has 39 heavy (non-hydrogen) atoms. The van der Waals surface area contributed by atoms with E-state index in [1.54, 1.807) is 24.3 Å². The van der Waals surface area contributed by atoms with Crippen LogP contribution in [0.2, 0.25) is 0 Å². The maximum Gasteiger partial charge on any atom is 0.240 e. The molecule has 0 saturated carbocycles. The topological polar surface area (TPSA) is 87.0 Å². The predicted molar refractivity (Wildman–Crippen MR) is 149 cm³/mol. The van der Waals surface area contributed by atoms with Crippen molar-refractivity contribution in [1.82, 2.24) is 34.0 Å². The molecule has 1 aromatic carbocycles. The van der Waals surface area contributed by atoms with Crippen molar-refractivity contribution in [2.75, 3.05) is 40.0 Å². The van der Waals surface area contributed by atoms with Crippen molar-refractivity contribution in [3.63, 3.8) is 0 Å². The summed E-state index contributed by atoms with van der Waals surface area (Å²) in [5, 5.41) is 5.29. The second-order valence-corrected chi connectivity index (χ2v) is 9.94. The number of pyridine rings is 1. The van der Waals surface area contributed by atoms with Crippen LogP contribution in [-0.4, -0.2) is 74.0 Å². The maximum absolute atomic E-state index is 7.35. The molecule has 1 aliphatic rings. The first-order valence-corrected chi connectivity index (χ1v) is 13.1. The van der Waals surface area contributed by atoms with Crippen LogP contribution >= 0.6 is 0 Å². The number of nitrogens with zero attached hydrogens (tertiary/aromatic N) is 8. The maximum atomic E-state index is 7.35. The number of benzene rings is 1. The lowest BCUT2D eigenvalue weighted by Crippen LogP contribution is -2.39. The fraction of sp³-hybridized carbons (Fsp3) is 0.345. The minimum Gasteiger partial charge on any atom is -0.476 e. The fourth-order valence-corrected chi connectivity index (χ4v) is 5.31. The van der Waals surface area contributed by atoms with Gasteiger partial charge in [-0.1, -0.05) is 24.3 Å². The molecule has 1 aliphatic heterocycles. The van der Waals surface area contributed by atoms with Crippen LogP contribution in [0.4, 0.5) is 5.69 Å². The van der Waals surface area contributed by atoms with Crippen LogP contribution in [0.25, 0.3) is 43.9 Å². The highest BCUT2D eigenvalue weighted by molar-refractivity contribution is 5.87. The van der Waals surface area contributed by atoms with Crippen LogP contribution in [0.1, 0.15) is 12.8 Å². The van der Waals surface area contributed by atoms with Crippen LogP contribution in [0.3, 0.4) is 0 Å². The molecule has 1 fully saturated rings. The Balaban J connectivity index is 1.41. The summed E-state index contributed by atoms with van der Waals surface area (Å²) in [6.45, 7) is 11.7.